The SMILES string of the molecule is Cc1ccc(SCCNC(=O)c2cccc(OC[C@@H]3CCCO3)c2)cc1C. The quantitative estimate of drug-likeness (QED) is 0.541. The molecule has 0 saturated carbocycles. The summed E-state index contributed by atoms with van der Waals surface area (Å²) >= 11 is 1.75. The summed E-state index contributed by atoms with van der Waals surface area (Å²) < 4.78 is 11.3. The molecule has 1 N–H and O–H groups in total. The largest absolute Gasteiger partial charge is 0.491 e. The molecule has 144 valence electrons. The highest BCUT2D eigenvalue weighted by molar-refractivity contribution is 7.99. The van der Waals surface area contributed by atoms with Crippen LogP contribution in [0.2, 0.25) is 0 Å². The molecule has 1 heterocycles. The molecule has 2 aromatic carbocycles. The lowest BCUT2D eigenvalue weighted by molar-refractivity contribution is 0.0679. The predicted octanol–water partition coefficient (Wildman–Crippen LogP) is 4.38. The molecule has 1 aliphatic heterocycles. The summed E-state index contributed by atoms with van der Waals surface area (Å²) in [6, 6.07) is 13.8. The second-order valence-corrected chi connectivity index (χ2v) is 7.99. The third-order valence-corrected chi connectivity index (χ3v) is 5.69. The van der Waals surface area contributed by atoms with E-state index in [-0.39, 0.29) is 12.0 Å². The molecule has 1 fully saturated rings. The molecule has 5 heteroatoms. The van der Waals surface area contributed by atoms with Gasteiger partial charge in [-0.1, -0.05) is 12.1 Å². The van der Waals surface area contributed by atoms with Gasteiger partial charge in [0.05, 0.1) is 6.10 Å². The van der Waals surface area contributed by atoms with Gasteiger partial charge in [-0.15, -0.1) is 11.8 Å². The summed E-state index contributed by atoms with van der Waals surface area (Å²) in [5, 5.41) is 2.98. The average Bonchev–Trinajstić information content (AvgIpc) is 3.20. The lowest BCUT2D eigenvalue weighted by atomic mass is 10.1. The first-order chi connectivity index (χ1) is 13.1. The van der Waals surface area contributed by atoms with Crippen molar-refractivity contribution < 1.29 is 14.3 Å². The van der Waals surface area contributed by atoms with E-state index in [0.717, 1.165) is 25.2 Å². The van der Waals surface area contributed by atoms with Gasteiger partial charge < -0.3 is 14.8 Å². The van der Waals surface area contributed by atoms with Gasteiger partial charge in [0, 0.05) is 29.4 Å². The number of thioether (sulfide) groups is 1. The minimum absolute atomic E-state index is 0.0711. The van der Waals surface area contributed by atoms with E-state index in [0.29, 0.717) is 24.5 Å². The molecule has 0 radical (unpaired) electrons. The normalized spacial score (nSPS) is 16.3. The Labute approximate surface area is 165 Å². The molecule has 27 heavy (non-hydrogen) atoms. The topological polar surface area (TPSA) is 47.6 Å². The number of hydrogen-bond acceptors (Lipinski definition) is 4. The zero-order valence-corrected chi connectivity index (χ0v) is 16.8. The molecule has 1 atom stereocenters. The van der Waals surface area contributed by atoms with Crippen LogP contribution in [0.1, 0.15) is 34.3 Å². The Bertz CT molecular complexity index is 772. The second kappa shape index (κ2) is 9.81. The zero-order valence-electron chi connectivity index (χ0n) is 16.0. The van der Waals surface area contributed by atoms with Crippen molar-refractivity contribution >= 4 is 17.7 Å². The number of hydrogen-bond donors (Lipinski definition) is 1. The Morgan fingerprint density at radius 2 is 2.11 bits per heavy atom. The van der Waals surface area contributed by atoms with Crippen LogP contribution in [0.25, 0.3) is 0 Å². The third kappa shape index (κ3) is 6.01. The summed E-state index contributed by atoms with van der Waals surface area (Å²) in [6.07, 6.45) is 2.31. The molecule has 1 saturated heterocycles. The summed E-state index contributed by atoms with van der Waals surface area (Å²) in [7, 11) is 0. The molecule has 3 rings (SSSR count). The van der Waals surface area contributed by atoms with E-state index < -0.39 is 0 Å². The molecule has 0 aliphatic carbocycles. The van der Waals surface area contributed by atoms with E-state index in [1.807, 2.05) is 18.2 Å². The summed E-state index contributed by atoms with van der Waals surface area (Å²) in [5.74, 6) is 1.48. The average molecular weight is 386 g/mol. The molecule has 0 unspecified atom stereocenters. The van der Waals surface area contributed by atoms with Crippen LogP contribution in [-0.2, 0) is 4.74 Å². The number of benzene rings is 2. The number of carbonyl (C=O) groups excluding carboxylic acids is 1. The first-order valence-electron chi connectivity index (χ1n) is 9.44. The maximum atomic E-state index is 12.4. The van der Waals surface area contributed by atoms with Gasteiger partial charge in [-0.2, -0.15) is 0 Å². The van der Waals surface area contributed by atoms with Crippen LogP contribution >= 0.6 is 11.8 Å². The maximum absolute atomic E-state index is 12.4. The van der Waals surface area contributed by atoms with Crippen molar-refractivity contribution in [2.45, 2.75) is 37.7 Å². The molecule has 0 aromatic heterocycles. The highest BCUT2D eigenvalue weighted by atomic mass is 32.2. The minimum atomic E-state index is -0.0711. The molecule has 1 amide bonds. The molecule has 2 aromatic rings. The maximum Gasteiger partial charge on any atom is 0.251 e. The van der Waals surface area contributed by atoms with E-state index >= 15 is 0 Å². The highest BCUT2D eigenvalue weighted by Gasteiger charge is 2.16. The number of nitrogens with one attached hydrogen (secondary N) is 1. The van der Waals surface area contributed by atoms with Crippen LogP contribution in [0, 0.1) is 13.8 Å². The van der Waals surface area contributed by atoms with Gasteiger partial charge in [-0.05, 0) is 68.1 Å². The fourth-order valence-corrected chi connectivity index (χ4v) is 3.80. The van der Waals surface area contributed by atoms with Crippen molar-refractivity contribution in [1.82, 2.24) is 5.32 Å². The van der Waals surface area contributed by atoms with Crippen LogP contribution < -0.4 is 10.1 Å². The Morgan fingerprint density at radius 1 is 1.22 bits per heavy atom. The molecule has 1 aliphatic rings. The van der Waals surface area contributed by atoms with Crippen molar-refractivity contribution in [3.05, 3.63) is 59.2 Å². The van der Waals surface area contributed by atoms with E-state index in [1.165, 1.54) is 16.0 Å². The summed E-state index contributed by atoms with van der Waals surface area (Å²) in [5.41, 5.74) is 3.22. The van der Waals surface area contributed by atoms with Crippen molar-refractivity contribution in [3.63, 3.8) is 0 Å². The van der Waals surface area contributed by atoms with E-state index in [9.17, 15) is 4.79 Å². The molecule has 4 nitrogen and oxygen atoms in total. The minimum Gasteiger partial charge on any atom is -0.491 e. The molecule has 0 bridgehead atoms. The van der Waals surface area contributed by atoms with Crippen molar-refractivity contribution in [2.24, 2.45) is 0 Å². The Morgan fingerprint density at radius 3 is 2.89 bits per heavy atom. The number of carbonyl (C=O) groups is 1. The predicted molar refractivity (Wildman–Crippen MR) is 110 cm³/mol. The Hall–Kier alpha value is -1.98. The number of amides is 1. The highest BCUT2D eigenvalue weighted by Crippen LogP contribution is 2.21. The lowest BCUT2D eigenvalue weighted by Crippen LogP contribution is -2.25. The van der Waals surface area contributed by atoms with Gasteiger partial charge in [0.15, 0.2) is 0 Å². The zero-order chi connectivity index (χ0) is 19.1. The van der Waals surface area contributed by atoms with Crippen LogP contribution in [-0.4, -0.2) is 37.5 Å². The van der Waals surface area contributed by atoms with Crippen molar-refractivity contribution in [2.75, 3.05) is 25.5 Å². The van der Waals surface area contributed by atoms with Crippen LogP contribution in [0.3, 0.4) is 0 Å². The Balaban J connectivity index is 1.43. The summed E-state index contributed by atoms with van der Waals surface area (Å²) in [4.78, 5) is 13.6. The molecular formula is C22H27NO3S. The van der Waals surface area contributed by atoms with Gasteiger partial charge >= 0.3 is 0 Å². The van der Waals surface area contributed by atoms with E-state index in [2.05, 4.69) is 37.4 Å². The van der Waals surface area contributed by atoms with Crippen LogP contribution in [0.4, 0.5) is 0 Å². The fraction of sp³-hybridized carbons (Fsp3) is 0.409. The number of aryl methyl sites for hydroxylation is 2. The van der Waals surface area contributed by atoms with Gasteiger partial charge in [0.1, 0.15) is 12.4 Å². The first-order valence-corrected chi connectivity index (χ1v) is 10.4. The van der Waals surface area contributed by atoms with E-state index in [1.54, 1.807) is 17.8 Å². The van der Waals surface area contributed by atoms with E-state index in [4.69, 9.17) is 9.47 Å². The van der Waals surface area contributed by atoms with Gasteiger partial charge in [-0.3, -0.25) is 4.79 Å². The van der Waals surface area contributed by atoms with Crippen molar-refractivity contribution in [3.8, 4) is 5.75 Å². The van der Waals surface area contributed by atoms with Gasteiger partial charge in [0.25, 0.3) is 5.91 Å². The first kappa shape index (κ1) is 19.8. The van der Waals surface area contributed by atoms with Crippen LogP contribution in [0.5, 0.6) is 5.75 Å². The second-order valence-electron chi connectivity index (χ2n) is 6.82. The standard InChI is InChI=1S/C22H27NO3S/c1-16-8-9-21(13-17(16)2)27-12-10-23-22(24)18-5-3-6-19(14-18)26-15-20-7-4-11-25-20/h3,5-6,8-9,13-14,20H,4,7,10-12,15H2,1-2H3,(H,23,24)/t20-/m0/s1. The van der Waals surface area contributed by atoms with Crippen LogP contribution in [0.15, 0.2) is 47.4 Å². The summed E-state index contributed by atoms with van der Waals surface area (Å²) in [6.45, 7) is 6.21. The number of rotatable bonds is 8. The monoisotopic (exact) mass is 385 g/mol. The molecular weight excluding hydrogens is 358 g/mol. The van der Waals surface area contributed by atoms with Crippen molar-refractivity contribution in [1.29, 1.82) is 0 Å². The smallest absolute Gasteiger partial charge is 0.251 e. The number of ether oxygens (including phenoxy) is 2. The third-order valence-electron chi connectivity index (χ3n) is 4.69. The Kier molecular flexibility index (Phi) is 7.18. The molecule has 0 spiro atoms. The van der Waals surface area contributed by atoms with Gasteiger partial charge in [0.2, 0.25) is 0 Å². The fourth-order valence-electron chi connectivity index (χ4n) is 2.93. The lowest BCUT2D eigenvalue weighted by Gasteiger charge is -2.12. The van der Waals surface area contributed by atoms with Gasteiger partial charge in [-0.25, -0.2) is 0 Å².